The van der Waals surface area contributed by atoms with Crippen molar-refractivity contribution in [1.29, 1.82) is 0 Å². The van der Waals surface area contributed by atoms with E-state index in [1.807, 2.05) is 85.0 Å². The average molecular weight is 447 g/mol. The van der Waals surface area contributed by atoms with Crippen molar-refractivity contribution in [3.63, 3.8) is 0 Å². The van der Waals surface area contributed by atoms with Crippen molar-refractivity contribution < 1.29 is 4.79 Å². The summed E-state index contributed by atoms with van der Waals surface area (Å²) in [6.07, 6.45) is 19.0. The summed E-state index contributed by atoms with van der Waals surface area (Å²) >= 11 is 6.09. The van der Waals surface area contributed by atoms with E-state index in [1.165, 1.54) is 0 Å². The molecule has 156 valence electrons. The minimum atomic E-state index is -0.568. The van der Waals surface area contributed by atoms with Crippen molar-refractivity contribution in [1.82, 2.24) is 0 Å². The number of carbonyl (C=O) groups excluding carboxylic acids is 1. The minimum absolute atomic E-state index is 0.354. The number of nitrogens with zero attached hydrogens (tertiary/aromatic N) is 4. The lowest BCUT2D eigenvalue weighted by atomic mass is 9.96. The van der Waals surface area contributed by atoms with Crippen LogP contribution in [0.25, 0.3) is 5.57 Å². The zero-order valence-corrected chi connectivity index (χ0v) is 18.0. The maximum absolute atomic E-state index is 12.6. The van der Waals surface area contributed by atoms with Gasteiger partial charge in [0, 0.05) is 5.57 Å². The second kappa shape index (κ2) is 7.73. The number of fused-ring (bicyclic) bond motifs is 4. The molecule has 0 aromatic heterocycles. The summed E-state index contributed by atoms with van der Waals surface area (Å²) in [4.78, 5) is 31.3. The minimum Gasteiger partial charge on any atom is -0.275 e. The Morgan fingerprint density at radius 2 is 1.18 bits per heavy atom. The summed E-state index contributed by atoms with van der Waals surface area (Å²) in [6.45, 7) is 0. The monoisotopic (exact) mass is 446 g/mol. The van der Waals surface area contributed by atoms with E-state index in [4.69, 9.17) is 16.6 Å². The Kier molecular flexibility index (Phi) is 4.56. The lowest BCUT2D eigenvalue weighted by molar-refractivity contribution is -0.108. The Morgan fingerprint density at radius 1 is 0.636 bits per heavy atom. The van der Waals surface area contributed by atoms with Gasteiger partial charge in [-0.15, -0.1) is 0 Å². The molecule has 0 saturated heterocycles. The van der Waals surface area contributed by atoms with Gasteiger partial charge in [0.25, 0.3) is 5.24 Å². The predicted octanol–water partition coefficient (Wildman–Crippen LogP) is 5.24. The third kappa shape index (κ3) is 3.69. The van der Waals surface area contributed by atoms with Gasteiger partial charge in [0.2, 0.25) is 0 Å². The lowest BCUT2D eigenvalue weighted by Gasteiger charge is -2.06. The van der Waals surface area contributed by atoms with Crippen LogP contribution >= 0.6 is 11.6 Å². The molecule has 5 nitrogen and oxygen atoms in total. The highest BCUT2D eigenvalue weighted by Crippen LogP contribution is 2.36. The van der Waals surface area contributed by atoms with Crippen LogP contribution in [0.4, 0.5) is 0 Å². The van der Waals surface area contributed by atoms with E-state index in [9.17, 15) is 4.79 Å². The van der Waals surface area contributed by atoms with Gasteiger partial charge in [-0.25, -0.2) is 20.0 Å². The molecular weight excluding hydrogens is 432 g/mol. The summed E-state index contributed by atoms with van der Waals surface area (Å²) in [7, 11) is 0. The van der Waals surface area contributed by atoms with E-state index in [0.29, 0.717) is 28.3 Å². The number of rotatable bonds is 2. The maximum Gasteiger partial charge on any atom is 0.255 e. The first-order valence-corrected chi connectivity index (χ1v) is 10.8. The zero-order valence-electron chi connectivity index (χ0n) is 17.2. The lowest BCUT2D eigenvalue weighted by Crippen LogP contribution is -2.02. The SMILES string of the molecule is O=C(Cl)C1=C(c2ccccc2)C2=NC1=CC1=NC(=CC3=NC(=CC4=NC(=C2)C=C4)C=C3)C=C1. The molecule has 0 fully saturated rings. The summed E-state index contributed by atoms with van der Waals surface area (Å²) < 4.78 is 0. The summed E-state index contributed by atoms with van der Waals surface area (Å²) in [5, 5.41) is -0.568. The maximum atomic E-state index is 12.6. The van der Waals surface area contributed by atoms with Crippen molar-refractivity contribution >= 4 is 45.3 Å². The Balaban J connectivity index is 1.59. The first-order valence-electron chi connectivity index (χ1n) is 10.4. The second-order valence-corrected chi connectivity index (χ2v) is 8.08. The molecule has 5 aliphatic rings. The molecule has 0 spiro atoms. The van der Waals surface area contributed by atoms with Crippen LogP contribution in [0.1, 0.15) is 5.56 Å². The van der Waals surface area contributed by atoms with E-state index in [2.05, 4.69) is 15.0 Å². The highest BCUT2D eigenvalue weighted by atomic mass is 35.5. The number of hydrogen-bond acceptors (Lipinski definition) is 5. The Labute approximate surface area is 195 Å². The topological polar surface area (TPSA) is 66.5 Å². The van der Waals surface area contributed by atoms with Gasteiger partial charge in [-0.3, -0.25) is 4.79 Å². The Bertz CT molecular complexity index is 1500. The van der Waals surface area contributed by atoms with Gasteiger partial charge in [-0.1, -0.05) is 30.3 Å². The predicted molar refractivity (Wildman–Crippen MR) is 134 cm³/mol. The quantitative estimate of drug-likeness (QED) is 0.573. The molecule has 0 amide bonds. The fraction of sp³-hybridized carbons (Fsp3) is 0. The van der Waals surface area contributed by atoms with Gasteiger partial charge in [-0.05, 0) is 77.9 Å². The van der Waals surface area contributed by atoms with Gasteiger partial charge >= 0.3 is 0 Å². The molecule has 0 N–H and O–H groups in total. The fourth-order valence-corrected chi connectivity index (χ4v) is 4.24. The first-order chi connectivity index (χ1) is 16.1. The van der Waals surface area contributed by atoms with Crippen molar-refractivity contribution in [3.8, 4) is 0 Å². The zero-order chi connectivity index (χ0) is 22.4. The Morgan fingerprint density at radius 3 is 1.76 bits per heavy atom. The van der Waals surface area contributed by atoms with Crippen molar-refractivity contribution in [2.75, 3.05) is 0 Å². The summed E-state index contributed by atoms with van der Waals surface area (Å²) in [6, 6.07) is 9.64. The molecule has 0 unspecified atom stereocenters. The molecule has 6 heteroatoms. The number of carbonyl (C=O) groups is 1. The third-order valence-electron chi connectivity index (χ3n) is 5.47. The standard InChI is InChI=1S/C27H15ClN4O/c28-27(33)26-24-15-22-11-9-20(31-22)13-18-7-6-17(29-18)12-19-8-10-21(30-19)14-23(32-24)25(26)16-4-2-1-3-5-16/h1-15H. The number of hydrogen-bond donors (Lipinski definition) is 0. The summed E-state index contributed by atoms with van der Waals surface area (Å²) in [5.41, 5.74) is 7.61. The molecule has 8 bridgehead atoms. The van der Waals surface area contributed by atoms with Crippen LogP contribution in [-0.2, 0) is 4.79 Å². The first kappa shape index (κ1) is 19.5. The normalized spacial score (nSPS) is 20.2. The summed E-state index contributed by atoms with van der Waals surface area (Å²) in [5.74, 6) is 0. The molecule has 0 saturated carbocycles. The van der Waals surface area contributed by atoms with E-state index in [-0.39, 0.29) is 0 Å². The number of halogens is 1. The molecule has 0 aliphatic carbocycles. The van der Waals surface area contributed by atoms with Crippen LogP contribution in [0.15, 0.2) is 139 Å². The van der Waals surface area contributed by atoms with Crippen molar-refractivity contribution in [3.05, 3.63) is 125 Å². The molecule has 5 heterocycles. The molecule has 0 atom stereocenters. The number of aliphatic imine (C=N–C) groups is 4. The van der Waals surface area contributed by atoms with Gasteiger partial charge in [0.05, 0.1) is 51.2 Å². The average Bonchev–Trinajstić information content (AvgIpc) is 3.58. The molecule has 1 aromatic carbocycles. The molecule has 5 aliphatic heterocycles. The molecule has 33 heavy (non-hydrogen) atoms. The molecular formula is C27H15ClN4O. The van der Waals surface area contributed by atoms with Gasteiger partial charge in [-0.2, -0.15) is 0 Å². The van der Waals surface area contributed by atoms with Crippen LogP contribution in [0.5, 0.6) is 0 Å². The van der Waals surface area contributed by atoms with E-state index >= 15 is 0 Å². The van der Waals surface area contributed by atoms with Crippen LogP contribution < -0.4 is 0 Å². The van der Waals surface area contributed by atoms with E-state index in [1.54, 1.807) is 6.08 Å². The van der Waals surface area contributed by atoms with E-state index in [0.717, 1.165) is 34.1 Å². The third-order valence-corrected chi connectivity index (χ3v) is 5.66. The largest absolute Gasteiger partial charge is 0.275 e. The molecule has 6 rings (SSSR count). The highest BCUT2D eigenvalue weighted by molar-refractivity contribution is 6.70. The van der Waals surface area contributed by atoms with Gasteiger partial charge in [0.1, 0.15) is 0 Å². The molecule has 0 radical (unpaired) electrons. The van der Waals surface area contributed by atoms with Gasteiger partial charge in [0.15, 0.2) is 0 Å². The van der Waals surface area contributed by atoms with Gasteiger partial charge < -0.3 is 0 Å². The highest BCUT2D eigenvalue weighted by Gasteiger charge is 2.29. The Hall–Kier alpha value is -4.22. The van der Waals surface area contributed by atoms with Crippen LogP contribution in [-0.4, -0.2) is 28.1 Å². The van der Waals surface area contributed by atoms with E-state index < -0.39 is 5.24 Å². The van der Waals surface area contributed by atoms with Crippen molar-refractivity contribution in [2.24, 2.45) is 20.0 Å². The van der Waals surface area contributed by atoms with Crippen LogP contribution in [0.2, 0.25) is 0 Å². The smallest absolute Gasteiger partial charge is 0.255 e. The van der Waals surface area contributed by atoms with Crippen molar-refractivity contribution in [2.45, 2.75) is 0 Å². The molecule has 1 aromatic rings. The number of benzene rings is 1. The second-order valence-electron chi connectivity index (χ2n) is 7.73. The fourth-order valence-electron chi connectivity index (χ4n) is 4.05. The number of allylic oxidation sites excluding steroid dienone is 12. The van der Waals surface area contributed by atoms with Crippen LogP contribution in [0.3, 0.4) is 0 Å². The van der Waals surface area contributed by atoms with Crippen LogP contribution in [0, 0.1) is 0 Å².